The number of rotatable bonds is 5. The van der Waals surface area contributed by atoms with Gasteiger partial charge in [0.1, 0.15) is 0 Å². The molecular formula is C15H14Cl2N4OS. The monoisotopic (exact) mass is 368 g/mol. The van der Waals surface area contributed by atoms with Crippen molar-refractivity contribution in [3.05, 3.63) is 45.7 Å². The third kappa shape index (κ3) is 3.71. The summed E-state index contributed by atoms with van der Waals surface area (Å²) in [6.07, 6.45) is 0. The van der Waals surface area contributed by atoms with E-state index in [-0.39, 0.29) is 0 Å². The first-order valence-electron chi connectivity index (χ1n) is 6.95. The van der Waals surface area contributed by atoms with E-state index in [1.165, 1.54) is 11.8 Å². The van der Waals surface area contributed by atoms with Crippen LogP contribution in [0.3, 0.4) is 0 Å². The summed E-state index contributed by atoms with van der Waals surface area (Å²) in [7, 11) is 0. The van der Waals surface area contributed by atoms with E-state index >= 15 is 0 Å². The zero-order valence-electron chi connectivity index (χ0n) is 12.6. The Hall–Kier alpha value is -1.50. The molecule has 0 saturated carbocycles. The van der Waals surface area contributed by atoms with Crippen molar-refractivity contribution in [3.8, 4) is 5.75 Å². The van der Waals surface area contributed by atoms with Gasteiger partial charge < -0.3 is 4.74 Å². The Morgan fingerprint density at radius 3 is 2.65 bits per heavy atom. The Labute approximate surface area is 148 Å². The Balaban J connectivity index is 1.62. The fourth-order valence-corrected chi connectivity index (χ4v) is 3.25. The molecule has 5 nitrogen and oxygen atoms in total. The highest BCUT2D eigenvalue weighted by atomic mass is 35.5. The number of hydrogen-bond acceptors (Lipinski definition) is 5. The van der Waals surface area contributed by atoms with E-state index in [4.69, 9.17) is 27.9 Å². The maximum atomic E-state index is 6.06. The first-order valence-corrected chi connectivity index (χ1v) is 8.69. The summed E-state index contributed by atoms with van der Waals surface area (Å²) in [5.41, 5.74) is 1.93. The van der Waals surface area contributed by atoms with Crippen molar-refractivity contribution in [2.75, 3.05) is 12.4 Å². The van der Waals surface area contributed by atoms with E-state index in [0.29, 0.717) is 39.1 Å². The highest BCUT2D eigenvalue weighted by molar-refractivity contribution is 7.99. The van der Waals surface area contributed by atoms with Crippen LogP contribution in [0.25, 0.3) is 5.78 Å². The second-order valence-electron chi connectivity index (χ2n) is 4.89. The van der Waals surface area contributed by atoms with Crippen LogP contribution in [0.4, 0.5) is 0 Å². The van der Waals surface area contributed by atoms with Crippen LogP contribution in [0.2, 0.25) is 10.0 Å². The molecule has 120 valence electrons. The molecule has 0 unspecified atom stereocenters. The molecular weight excluding hydrogens is 355 g/mol. The topological polar surface area (TPSA) is 52.3 Å². The van der Waals surface area contributed by atoms with Gasteiger partial charge in [-0.1, -0.05) is 41.0 Å². The SMILES string of the molecule is Cc1cc(C)n2nc(SCCOc3c(Cl)cccc3Cl)nc2n1. The second kappa shape index (κ2) is 6.95. The number of para-hydroxylation sites is 1. The number of thioether (sulfide) groups is 1. The zero-order valence-corrected chi connectivity index (χ0v) is 14.9. The summed E-state index contributed by atoms with van der Waals surface area (Å²) in [5, 5.41) is 6.10. The summed E-state index contributed by atoms with van der Waals surface area (Å²) in [6, 6.07) is 7.25. The van der Waals surface area contributed by atoms with Gasteiger partial charge in [-0.15, -0.1) is 5.10 Å². The number of fused-ring (bicyclic) bond motifs is 1. The van der Waals surface area contributed by atoms with Crippen LogP contribution >= 0.6 is 35.0 Å². The molecule has 0 aliphatic heterocycles. The van der Waals surface area contributed by atoms with E-state index in [2.05, 4.69) is 15.1 Å². The minimum atomic E-state index is 0.453. The number of nitrogens with zero attached hydrogens (tertiary/aromatic N) is 4. The first kappa shape index (κ1) is 16.4. The van der Waals surface area contributed by atoms with Crippen LogP contribution in [0.15, 0.2) is 29.4 Å². The van der Waals surface area contributed by atoms with Gasteiger partial charge in [0.2, 0.25) is 5.16 Å². The van der Waals surface area contributed by atoms with E-state index in [1.807, 2.05) is 19.9 Å². The number of aromatic nitrogens is 4. The molecule has 2 aromatic heterocycles. The van der Waals surface area contributed by atoms with Gasteiger partial charge in [0.05, 0.1) is 16.7 Å². The molecule has 0 bridgehead atoms. The zero-order chi connectivity index (χ0) is 16.4. The molecule has 0 atom stereocenters. The molecule has 0 N–H and O–H groups in total. The molecule has 2 heterocycles. The van der Waals surface area contributed by atoms with Crippen molar-refractivity contribution in [2.24, 2.45) is 0 Å². The lowest BCUT2D eigenvalue weighted by Gasteiger charge is -2.08. The fraction of sp³-hybridized carbons (Fsp3) is 0.267. The number of hydrogen-bond donors (Lipinski definition) is 0. The van der Waals surface area contributed by atoms with Gasteiger partial charge in [0.25, 0.3) is 5.78 Å². The standard InChI is InChI=1S/C15H14Cl2N4OS/c1-9-8-10(2)21-14(18-9)19-15(20-21)23-7-6-22-13-11(16)4-3-5-12(13)17/h3-5,8H,6-7H2,1-2H3. The Kier molecular flexibility index (Phi) is 4.94. The van der Waals surface area contributed by atoms with Crippen molar-refractivity contribution in [3.63, 3.8) is 0 Å². The van der Waals surface area contributed by atoms with Crippen LogP contribution in [-0.4, -0.2) is 31.9 Å². The van der Waals surface area contributed by atoms with E-state index in [1.54, 1.807) is 22.7 Å². The largest absolute Gasteiger partial charge is 0.490 e. The van der Waals surface area contributed by atoms with Gasteiger partial charge in [-0.3, -0.25) is 0 Å². The van der Waals surface area contributed by atoms with E-state index in [0.717, 1.165) is 11.4 Å². The number of ether oxygens (including phenoxy) is 1. The molecule has 0 fully saturated rings. The molecule has 0 aliphatic rings. The summed E-state index contributed by atoms with van der Waals surface area (Å²) < 4.78 is 7.38. The molecule has 0 amide bonds. The Bertz CT molecular complexity index is 833. The summed E-state index contributed by atoms with van der Waals surface area (Å²) in [4.78, 5) is 8.78. The number of aryl methyl sites for hydroxylation is 2. The van der Waals surface area contributed by atoms with Crippen LogP contribution in [-0.2, 0) is 0 Å². The number of benzene rings is 1. The lowest BCUT2D eigenvalue weighted by atomic mass is 10.3. The summed E-state index contributed by atoms with van der Waals surface area (Å²) >= 11 is 13.6. The Morgan fingerprint density at radius 2 is 1.91 bits per heavy atom. The smallest absolute Gasteiger partial charge is 0.253 e. The average Bonchev–Trinajstić information content (AvgIpc) is 2.89. The van der Waals surface area contributed by atoms with Crippen LogP contribution in [0.5, 0.6) is 5.75 Å². The van der Waals surface area contributed by atoms with Crippen LogP contribution in [0.1, 0.15) is 11.4 Å². The summed E-state index contributed by atoms with van der Waals surface area (Å²) in [5.74, 6) is 1.80. The fourth-order valence-electron chi connectivity index (χ4n) is 2.11. The molecule has 23 heavy (non-hydrogen) atoms. The van der Waals surface area contributed by atoms with Crippen molar-refractivity contribution < 1.29 is 4.74 Å². The minimum Gasteiger partial charge on any atom is -0.490 e. The molecule has 0 saturated heterocycles. The third-order valence-corrected chi connectivity index (χ3v) is 4.48. The third-order valence-electron chi connectivity index (χ3n) is 3.08. The molecule has 3 aromatic rings. The van der Waals surface area contributed by atoms with Gasteiger partial charge in [0.15, 0.2) is 5.75 Å². The van der Waals surface area contributed by atoms with Gasteiger partial charge in [-0.25, -0.2) is 9.50 Å². The van der Waals surface area contributed by atoms with Crippen molar-refractivity contribution in [2.45, 2.75) is 19.0 Å². The lowest BCUT2D eigenvalue weighted by Crippen LogP contribution is -2.01. The molecule has 0 radical (unpaired) electrons. The Morgan fingerprint density at radius 1 is 1.17 bits per heavy atom. The summed E-state index contributed by atoms with van der Waals surface area (Å²) in [6.45, 7) is 4.37. The lowest BCUT2D eigenvalue weighted by molar-refractivity contribution is 0.344. The molecule has 3 rings (SSSR count). The average molecular weight is 369 g/mol. The predicted octanol–water partition coefficient (Wildman–Crippen LogP) is 4.22. The maximum Gasteiger partial charge on any atom is 0.253 e. The molecule has 0 spiro atoms. The first-order chi connectivity index (χ1) is 11.0. The van der Waals surface area contributed by atoms with Gasteiger partial charge >= 0.3 is 0 Å². The highest BCUT2D eigenvalue weighted by Gasteiger charge is 2.09. The molecule has 0 aliphatic carbocycles. The van der Waals surface area contributed by atoms with E-state index < -0.39 is 0 Å². The van der Waals surface area contributed by atoms with Crippen molar-refractivity contribution >= 4 is 40.7 Å². The normalized spacial score (nSPS) is 11.1. The maximum absolute atomic E-state index is 6.06. The van der Waals surface area contributed by atoms with Gasteiger partial charge in [0, 0.05) is 17.1 Å². The van der Waals surface area contributed by atoms with Crippen molar-refractivity contribution in [1.29, 1.82) is 0 Å². The number of halogens is 2. The van der Waals surface area contributed by atoms with Gasteiger partial charge in [-0.05, 0) is 32.0 Å². The molecule has 8 heteroatoms. The van der Waals surface area contributed by atoms with E-state index in [9.17, 15) is 0 Å². The predicted molar refractivity (Wildman–Crippen MR) is 92.9 cm³/mol. The van der Waals surface area contributed by atoms with Gasteiger partial charge in [-0.2, -0.15) is 4.98 Å². The van der Waals surface area contributed by atoms with Crippen LogP contribution in [0, 0.1) is 13.8 Å². The quantitative estimate of drug-likeness (QED) is 0.498. The van der Waals surface area contributed by atoms with Crippen LogP contribution < -0.4 is 4.74 Å². The second-order valence-corrected chi connectivity index (χ2v) is 6.77. The molecule has 1 aromatic carbocycles. The van der Waals surface area contributed by atoms with Crippen molar-refractivity contribution in [1.82, 2.24) is 19.6 Å². The minimum absolute atomic E-state index is 0.453. The highest BCUT2D eigenvalue weighted by Crippen LogP contribution is 2.32.